The van der Waals surface area contributed by atoms with Crippen molar-refractivity contribution in [3.8, 4) is 5.75 Å². The van der Waals surface area contributed by atoms with Gasteiger partial charge in [-0.2, -0.15) is 0 Å². The van der Waals surface area contributed by atoms with E-state index < -0.39 is 11.6 Å². The molecule has 28 heavy (non-hydrogen) atoms. The number of aryl methyl sites for hydroxylation is 1. The molecule has 0 radical (unpaired) electrons. The molecule has 0 heterocycles. The molecule has 0 saturated heterocycles. The van der Waals surface area contributed by atoms with Crippen molar-refractivity contribution in [2.75, 3.05) is 6.61 Å². The number of ether oxygens (including phenoxy) is 1. The Bertz CT molecular complexity index is 763. The fourth-order valence-corrected chi connectivity index (χ4v) is 4.54. The fourth-order valence-electron chi connectivity index (χ4n) is 4.54. The van der Waals surface area contributed by atoms with E-state index >= 15 is 0 Å². The second-order valence-electron chi connectivity index (χ2n) is 8.46. The first-order chi connectivity index (χ1) is 13.6. The molecular weight excluding hydrogens is 354 g/mol. The summed E-state index contributed by atoms with van der Waals surface area (Å²) in [6.45, 7) is 4.95. The van der Waals surface area contributed by atoms with E-state index in [0.717, 1.165) is 30.6 Å². The number of rotatable bonds is 9. The van der Waals surface area contributed by atoms with Gasteiger partial charge >= 0.3 is 0 Å². The first-order valence-electron chi connectivity index (χ1n) is 11.2. The Morgan fingerprint density at radius 2 is 1.61 bits per heavy atom. The van der Waals surface area contributed by atoms with Gasteiger partial charge in [0.25, 0.3) is 0 Å². The molecule has 154 valence electrons. The number of hydrogen-bond acceptors (Lipinski definition) is 1. The SMILES string of the molecule is CCCCOc1ccc2cc(CCC3CCC(CCC)CC3)c(F)c(F)c2c1. The lowest BCUT2D eigenvalue weighted by molar-refractivity contribution is 0.251. The van der Waals surface area contributed by atoms with E-state index in [9.17, 15) is 8.78 Å². The van der Waals surface area contributed by atoms with Gasteiger partial charge in [-0.05, 0) is 60.2 Å². The zero-order chi connectivity index (χ0) is 19.9. The Balaban J connectivity index is 1.65. The van der Waals surface area contributed by atoms with Gasteiger partial charge in [0.15, 0.2) is 11.6 Å². The second-order valence-corrected chi connectivity index (χ2v) is 8.46. The number of halogens is 2. The molecule has 1 aliphatic carbocycles. The normalized spacial score (nSPS) is 19.9. The van der Waals surface area contributed by atoms with E-state index in [1.54, 1.807) is 6.07 Å². The van der Waals surface area contributed by atoms with Crippen molar-refractivity contribution in [3.63, 3.8) is 0 Å². The van der Waals surface area contributed by atoms with Crippen LogP contribution < -0.4 is 4.74 Å². The van der Waals surface area contributed by atoms with Gasteiger partial charge in [-0.15, -0.1) is 0 Å². The highest BCUT2D eigenvalue weighted by Crippen LogP contribution is 2.35. The van der Waals surface area contributed by atoms with Crippen LogP contribution in [0, 0.1) is 23.5 Å². The van der Waals surface area contributed by atoms with Crippen LogP contribution in [0.2, 0.25) is 0 Å². The summed E-state index contributed by atoms with van der Waals surface area (Å²) in [7, 11) is 0. The van der Waals surface area contributed by atoms with Crippen molar-refractivity contribution in [1.82, 2.24) is 0 Å². The molecule has 2 aromatic carbocycles. The molecule has 1 fully saturated rings. The van der Waals surface area contributed by atoms with E-state index in [1.165, 1.54) is 38.5 Å². The van der Waals surface area contributed by atoms with Crippen molar-refractivity contribution < 1.29 is 13.5 Å². The first-order valence-corrected chi connectivity index (χ1v) is 11.2. The molecule has 0 aromatic heterocycles. The van der Waals surface area contributed by atoms with Crippen molar-refractivity contribution in [1.29, 1.82) is 0 Å². The van der Waals surface area contributed by atoms with Crippen molar-refractivity contribution >= 4 is 10.8 Å². The van der Waals surface area contributed by atoms with Crippen LogP contribution in [-0.2, 0) is 6.42 Å². The monoisotopic (exact) mass is 388 g/mol. The summed E-state index contributed by atoms with van der Waals surface area (Å²) in [4.78, 5) is 0. The van der Waals surface area contributed by atoms with E-state index in [-0.39, 0.29) is 0 Å². The maximum Gasteiger partial charge on any atom is 0.167 e. The van der Waals surface area contributed by atoms with Crippen molar-refractivity contribution in [3.05, 3.63) is 41.5 Å². The molecule has 0 bridgehead atoms. The molecule has 0 aliphatic heterocycles. The molecule has 1 aliphatic rings. The van der Waals surface area contributed by atoms with Gasteiger partial charge in [0, 0.05) is 5.39 Å². The largest absolute Gasteiger partial charge is 0.494 e. The van der Waals surface area contributed by atoms with E-state index in [0.29, 0.717) is 35.6 Å². The lowest BCUT2D eigenvalue weighted by atomic mass is 9.78. The average Bonchev–Trinajstić information content (AvgIpc) is 2.71. The summed E-state index contributed by atoms with van der Waals surface area (Å²) < 4.78 is 35.0. The third-order valence-electron chi connectivity index (χ3n) is 6.32. The summed E-state index contributed by atoms with van der Waals surface area (Å²) in [5, 5.41) is 1.07. The predicted molar refractivity (Wildman–Crippen MR) is 113 cm³/mol. The number of benzene rings is 2. The maximum atomic E-state index is 14.7. The van der Waals surface area contributed by atoms with Crippen LogP contribution in [0.3, 0.4) is 0 Å². The molecule has 3 heteroatoms. The predicted octanol–water partition coefficient (Wildman–Crippen LogP) is 7.84. The highest BCUT2D eigenvalue weighted by molar-refractivity contribution is 5.85. The van der Waals surface area contributed by atoms with Gasteiger partial charge in [0.1, 0.15) is 5.75 Å². The van der Waals surface area contributed by atoms with Crippen LogP contribution in [-0.4, -0.2) is 6.61 Å². The van der Waals surface area contributed by atoms with Gasteiger partial charge in [0.2, 0.25) is 0 Å². The summed E-state index contributed by atoms with van der Waals surface area (Å²) in [5.74, 6) is 0.722. The topological polar surface area (TPSA) is 9.23 Å². The lowest BCUT2D eigenvalue weighted by Crippen LogP contribution is -2.15. The van der Waals surface area contributed by atoms with E-state index in [4.69, 9.17) is 4.74 Å². The highest BCUT2D eigenvalue weighted by Gasteiger charge is 2.21. The van der Waals surface area contributed by atoms with Crippen LogP contribution in [0.5, 0.6) is 5.75 Å². The zero-order valence-electron chi connectivity index (χ0n) is 17.4. The quantitative estimate of drug-likeness (QED) is 0.398. The summed E-state index contributed by atoms with van der Waals surface area (Å²) in [5.41, 5.74) is 0.514. The minimum atomic E-state index is -0.736. The van der Waals surface area contributed by atoms with Crippen molar-refractivity contribution in [2.24, 2.45) is 11.8 Å². The molecule has 0 amide bonds. The Labute approximate surface area is 168 Å². The number of hydrogen-bond donors (Lipinski definition) is 0. The van der Waals surface area contributed by atoms with Gasteiger partial charge in [0.05, 0.1) is 6.61 Å². The van der Waals surface area contributed by atoms with Crippen molar-refractivity contribution in [2.45, 2.75) is 78.1 Å². The van der Waals surface area contributed by atoms with Crippen LogP contribution in [0.15, 0.2) is 24.3 Å². The van der Waals surface area contributed by atoms with Gasteiger partial charge in [-0.3, -0.25) is 0 Å². The molecule has 2 aromatic rings. The Hall–Kier alpha value is -1.64. The minimum Gasteiger partial charge on any atom is -0.494 e. The summed E-state index contributed by atoms with van der Waals surface area (Å²) in [6.07, 6.45) is 11.2. The van der Waals surface area contributed by atoms with Gasteiger partial charge in [-0.1, -0.05) is 64.9 Å². The molecule has 0 atom stereocenters. The molecule has 1 saturated carbocycles. The van der Waals surface area contributed by atoms with Gasteiger partial charge < -0.3 is 4.74 Å². The highest BCUT2D eigenvalue weighted by atomic mass is 19.2. The Kier molecular flexibility index (Phi) is 7.70. The minimum absolute atomic E-state index is 0.315. The number of fused-ring (bicyclic) bond motifs is 1. The van der Waals surface area contributed by atoms with Crippen LogP contribution in [0.1, 0.15) is 77.2 Å². The number of unbranched alkanes of at least 4 members (excludes halogenated alkanes) is 1. The standard InChI is InChI=1S/C25H34F2O/c1-3-5-15-28-22-14-13-20-16-21(24(26)25(27)23(20)17-22)12-11-19-9-7-18(6-4-2)8-10-19/h13-14,16-19H,3-12,15H2,1-2H3. The molecule has 0 N–H and O–H groups in total. The maximum absolute atomic E-state index is 14.7. The molecule has 0 unspecified atom stereocenters. The molecule has 1 nitrogen and oxygen atoms in total. The summed E-state index contributed by atoms with van der Waals surface area (Å²) >= 11 is 0. The lowest BCUT2D eigenvalue weighted by Gasteiger charge is -2.28. The molecule has 3 rings (SSSR count). The molecular formula is C25H34F2O. The van der Waals surface area contributed by atoms with E-state index in [2.05, 4.69) is 13.8 Å². The first kappa shape index (κ1) is 21.1. The van der Waals surface area contributed by atoms with Crippen LogP contribution >= 0.6 is 0 Å². The second kappa shape index (κ2) is 10.2. The summed E-state index contributed by atoms with van der Waals surface area (Å²) in [6, 6.07) is 7.15. The van der Waals surface area contributed by atoms with Gasteiger partial charge in [-0.25, -0.2) is 8.78 Å². The van der Waals surface area contributed by atoms with Crippen LogP contribution in [0.4, 0.5) is 8.78 Å². The third-order valence-corrected chi connectivity index (χ3v) is 6.32. The Morgan fingerprint density at radius 1 is 0.893 bits per heavy atom. The fraction of sp³-hybridized carbons (Fsp3) is 0.600. The average molecular weight is 389 g/mol. The molecule has 0 spiro atoms. The zero-order valence-corrected chi connectivity index (χ0v) is 17.4. The Morgan fingerprint density at radius 3 is 2.29 bits per heavy atom. The van der Waals surface area contributed by atoms with E-state index in [1.807, 2.05) is 18.2 Å². The third kappa shape index (κ3) is 5.24. The van der Waals surface area contributed by atoms with Crippen LogP contribution in [0.25, 0.3) is 10.8 Å². The smallest absolute Gasteiger partial charge is 0.167 e.